The zero-order chi connectivity index (χ0) is 15.1. The molecule has 106 valence electrons. The summed E-state index contributed by atoms with van der Waals surface area (Å²) in [5, 5.41) is 9.46. The van der Waals surface area contributed by atoms with Crippen molar-refractivity contribution in [2.24, 2.45) is 0 Å². The molecule has 3 nitrogen and oxygen atoms in total. The van der Waals surface area contributed by atoms with E-state index in [1.807, 2.05) is 0 Å². The molecule has 0 aliphatic heterocycles. The molecule has 0 atom stereocenters. The second-order valence-corrected chi connectivity index (χ2v) is 5.05. The van der Waals surface area contributed by atoms with Gasteiger partial charge in [-0.1, -0.05) is 22.9 Å². The number of fused-ring (bicyclic) bond motifs is 1. The molecule has 0 bridgehead atoms. The van der Waals surface area contributed by atoms with Crippen molar-refractivity contribution in [1.82, 2.24) is 4.98 Å². The van der Waals surface area contributed by atoms with Crippen LogP contribution in [0.2, 0.25) is 0 Å². The minimum absolute atomic E-state index is 0.00938. The Kier molecular flexibility index (Phi) is 3.73. The molecule has 2 aromatic rings. The minimum Gasteiger partial charge on any atom is -0.478 e. The quantitative estimate of drug-likeness (QED) is 0.882. The van der Waals surface area contributed by atoms with Crippen molar-refractivity contribution in [2.45, 2.75) is 19.5 Å². The molecule has 0 aliphatic carbocycles. The number of benzene rings is 1. The number of alkyl halides is 3. The van der Waals surface area contributed by atoms with Gasteiger partial charge < -0.3 is 5.11 Å². The van der Waals surface area contributed by atoms with Crippen LogP contribution < -0.4 is 0 Å². The molecular formula is C13H9BrF3NO2. The maximum Gasteiger partial charge on any atom is 0.433 e. The van der Waals surface area contributed by atoms with Crippen LogP contribution in [-0.4, -0.2) is 16.1 Å². The van der Waals surface area contributed by atoms with E-state index in [9.17, 15) is 23.1 Å². The second-order valence-electron chi connectivity index (χ2n) is 4.13. The van der Waals surface area contributed by atoms with Crippen LogP contribution in [0.15, 0.2) is 22.7 Å². The average Bonchev–Trinajstić information content (AvgIpc) is 2.34. The summed E-state index contributed by atoms with van der Waals surface area (Å²) >= 11 is 3.18. The molecule has 0 aliphatic rings. The fourth-order valence-corrected chi connectivity index (χ4v) is 2.46. The summed E-state index contributed by atoms with van der Waals surface area (Å²) < 4.78 is 39.6. The predicted molar refractivity (Wildman–Crippen MR) is 70.8 cm³/mol. The van der Waals surface area contributed by atoms with Crippen molar-refractivity contribution in [1.29, 1.82) is 0 Å². The van der Waals surface area contributed by atoms with Crippen LogP contribution in [0.3, 0.4) is 0 Å². The van der Waals surface area contributed by atoms with Crippen molar-refractivity contribution in [3.8, 4) is 0 Å². The Bertz CT molecular complexity index is 698. The number of aromatic nitrogens is 1. The monoisotopic (exact) mass is 347 g/mol. The van der Waals surface area contributed by atoms with Crippen molar-refractivity contribution in [2.75, 3.05) is 0 Å². The molecule has 0 spiro atoms. The summed E-state index contributed by atoms with van der Waals surface area (Å²) in [5.41, 5.74) is -1.76. The van der Waals surface area contributed by atoms with E-state index >= 15 is 0 Å². The van der Waals surface area contributed by atoms with Crippen LogP contribution in [-0.2, 0) is 12.6 Å². The summed E-state index contributed by atoms with van der Waals surface area (Å²) in [6, 6.07) is 4.35. The molecule has 7 heteroatoms. The Hall–Kier alpha value is -1.63. The Morgan fingerprint density at radius 3 is 2.55 bits per heavy atom. The Morgan fingerprint density at radius 1 is 1.40 bits per heavy atom. The molecule has 0 saturated carbocycles. The van der Waals surface area contributed by atoms with Gasteiger partial charge >= 0.3 is 12.1 Å². The first-order valence-electron chi connectivity index (χ1n) is 5.68. The normalized spacial score (nSPS) is 11.8. The second kappa shape index (κ2) is 5.05. The summed E-state index contributed by atoms with van der Waals surface area (Å²) in [5.74, 6) is -1.39. The third-order valence-electron chi connectivity index (χ3n) is 2.88. The van der Waals surface area contributed by atoms with Gasteiger partial charge in [-0.25, -0.2) is 9.78 Å². The topological polar surface area (TPSA) is 50.2 Å². The summed E-state index contributed by atoms with van der Waals surface area (Å²) in [6.45, 7) is 1.47. The molecular weight excluding hydrogens is 339 g/mol. The van der Waals surface area contributed by atoms with E-state index in [-0.39, 0.29) is 28.5 Å². The van der Waals surface area contributed by atoms with Crippen LogP contribution in [0.25, 0.3) is 10.9 Å². The lowest BCUT2D eigenvalue weighted by Gasteiger charge is -2.15. The Labute approximate surface area is 120 Å². The molecule has 0 fully saturated rings. The van der Waals surface area contributed by atoms with E-state index in [0.717, 1.165) is 0 Å². The summed E-state index contributed by atoms with van der Waals surface area (Å²) in [6.07, 6.45) is -4.75. The minimum atomic E-state index is -4.68. The highest BCUT2D eigenvalue weighted by molar-refractivity contribution is 9.10. The van der Waals surface area contributed by atoms with Crippen LogP contribution in [0.4, 0.5) is 13.2 Å². The first kappa shape index (κ1) is 14.8. The van der Waals surface area contributed by atoms with Crippen LogP contribution in [0.1, 0.15) is 28.5 Å². The first-order valence-corrected chi connectivity index (χ1v) is 6.47. The number of hydrogen-bond acceptors (Lipinski definition) is 2. The number of carboxylic acid groups (broad SMARTS) is 1. The maximum atomic E-state index is 13.0. The van der Waals surface area contributed by atoms with Crippen molar-refractivity contribution < 1.29 is 23.1 Å². The van der Waals surface area contributed by atoms with Gasteiger partial charge in [-0.15, -0.1) is 0 Å². The summed E-state index contributed by atoms with van der Waals surface area (Å²) in [4.78, 5) is 15.0. The van der Waals surface area contributed by atoms with E-state index in [1.54, 1.807) is 0 Å². The summed E-state index contributed by atoms with van der Waals surface area (Å²) in [7, 11) is 0. The predicted octanol–water partition coefficient (Wildman–Crippen LogP) is 4.28. The number of halogens is 4. The number of carboxylic acids is 1. The van der Waals surface area contributed by atoms with Gasteiger partial charge in [-0.2, -0.15) is 13.2 Å². The lowest BCUT2D eigenvalue weighted by molar-refractivity contribution is -0.141. The molecule has 20 heavy (non-hydrogen) atoms. The molecule has 0 unspecified atom stereocenters. The number of hydrogen-bond donors (Lipinski definition) is 1. The molecule has 1 aromatic heterocycles. The highest BCUT2D eigenvalue weighted by atomic mass is 79.9. The van der Waals surface area contributed by atoms with Gasteiger partial charge in [-0.3, -0.25) is 0 Å². The first-order chi connectivity index (χ1) is 9.25. The van der Waals surface area contributed by atoms with Crippen LogP contribution >= 0.6 is 15.9 Å². The van der Waals surface area contributed by atoms with E-state index in [0.29, 0.717) is 4.47 Å². The zero-order valence-electron chi connectivity index (χ0n) is 10.3. The van der Waals surface area contributed by atoms with Crippen LogP contribution in [0.5, 0.6) is 0 Å². The average molecular weight is 348 g/mol. The van der Waals surface area contributed by atoms with Gasteiger partial charge in [0.15, 0.2) is 0 Å². The largest absolute Gasteiger partial charge is 0.478 e. The molecule has 1 heterocycles. The van der Waals surface area contributed by atoms with Gasteiger partial charge in [0.1, 0.15) is 5.69 Å². The highest BCUT2D eigenvalue weighted by Crippen LogP contribution is 2.36. The van der Waals surface area contributed by atoms with Crippen molar-refractivity contribution in [3.63, 3.8) is 0 Å². The number of rotatable bonds is 2. The third kappa shape index (κ3) is 2.49. The molecule has 0 radical (unpaired) electrons. The smallest absolute Gasteiger partial charge is 0.433 e. The zero-order valence-corrected chi connectivity index (χ0v) is 11.8. The number of aromatic carboxylic acids is 1. The van der Waals surface area contributed by atoms with Gasteiger partial charge in [0.05, 0.1) is 11.1 Å². The van der Waals surface area contributed by atoms with Crippen molar-refractivity contribution in [3.05, 3.63) is 39.5 Å². The van der Waals surface area contributed by atoms with E-state index in [1.165, 1.54) is 25.1 Å². The lowest BCUT2D eigenvalue weighted by Crippen LogP contribution is -2.16. The molecule has 1 aromatic carbocycles. The van der Waals surface area contributed by atoms with Gasteiger partial charge in [0.2, 0.25) is 0 Å². The lowest BCUT2D eigenvalue weighted by atomic mass is 9.98. The Balaban J connectivity index is 2.98. The van der Waals surface area contributed by atoms with E-state index in [4.69, 9.17) is 0 Å². The number of nitrogens with zero attached hydrogens (tertiary/aromatic N) is 1. The molecule has 0 amide bonds. The maximum absolute atomic E-state index is 13.0. The Morgan fingerprint density at radius 2 is 2.05 bits per heavy atom. The van der Waals surface area contributed by atoms with Gasteiger partial charge in [0.25, 0.3) is 0 Å². The highest BCUT2D eigenvalue weighted by Gasteiger charge is 2.37. The standard InChI is InChI=1S/C13H9BrF3NO2/c1-2-7-10(12(19)20)8-5-6(14)3-4-9(8)18-11(7)13(15,16)17/h3-5H,2H2,1H3,(H,19,20). The molecule has 0 saturated heterocycles. The van der Waals surface area contributed by atoms with Gasteiger partial charge in [-0.05, 0) is 30.2 Å². The number of pyridine rings is 1. The number of carbonyl (C=O) groups is 1. The van der Waals surface area contributed by atoms with E-state index < -0.39 is 17.8 Å². The van der Waals surface area contributed by atoms with Crippen molar-refractivity contribution >= 4 is 32.8 Å². The molecule has 2 rings (SSSR count). The SMILES string of the molecule is CCc1c(C(F)(F)F)nc2ccc(Br)cc2c1C(=O)O. The van der Waals surface area contributed by atoms with E-state index in [2.05, 4.69) is 20.9 Å². The molecule has 1 N–H and O–H groups in total. The fourth-order valence-electron chi connectivity index (χ4n) is 2.10. The third-order valence-corrected chi connectivity index (χ3v) is 3.38. The van der Waals surface area contributed by atoms with Gasteiger partial charge in [0, 0.05) is 9.86 Å². The van der Waals surface area contributed by atoms with Crippen LogP contribution in [0, 0.1) is 0 Å². The fraction of sp³-hybridized carbons (Fsp3) is 0.231.